The Kier molecular flexibility index (Phi) is 3.60. The Morgan fingerprint density at radius 3 is 2.64 bits per heavy atom. The second-order valence-electron chi connectivity index (χ2n) is 7.60. The van der Waals surface area contributed by atoms with E-state index in [1.54, 1.807) is 10.9 Å². The maximum absolute atomic E-state index is 12.5. The summed E-state index contributed by atoms with van der Waals surface area (Å²) in [6.07, 6.45) is 4.09. The molecule has 4 nitrogen and oxygen atoms in total. The third-order valence-electron chi connectivity index (χ3n) is 4.91. The third-order valence-corrected chi connectivity index (χ3v) is 4.91. The van der Waals surface area contributed by atoms with E-state index in [-0.39, 0.29) is 22.6 Å². The molecule has 1 N–H and O–H groups in total. The van der Waals surface area contributed by atoms with Crippen LogP contribution in [0.25, 0.3) is 10.9 Å². The zero-order valence-corrected chi connectivity index (χ0v) is 13.9. The Hall–Kier alpha value is -1.68. The van der Waals surface area contributed by atoms with Crippen LogP contribution in [-0.2, 0) is 6.54 Å². The lowest BCUT2D eigenvalue weighted by molar-refractivity contribution is 0.220. The first kappa shape index (κ1) is 15.2. The fourth-order valence-electron chi connectivity index (χ4n) is 3.28. The van der Waals surface area contributed by atoms with Crippen molar-refractivity contribution in [1.82, 2.24) is 14.9 Å². The first-order valence-corrected chi connectivity index (χ1v) is 8.04. The molecule has 1 aliphatic carbocycles. The number of para-hydroxylation sites is 1. The molecule has 0 spiro atoms. The second kappa shape index (κ2) is 5.20. The van der Waals surface area contributed by atoms with Crippen molar-refractivity contribution in [2.45, 2.75) is 58.7 Å². The molecular formula is C18H25N3O. The lowest BCUT2D eigenvalue weighted by atomic mass is 9.83. The van der Waals surface area contributed by atoms with Gasteiger partial charge in [0.2, 0.25) is 0 Å². The molecule has 22 heavy (non-hydrogen) atoms. The molecule has 1 saturated carbocycles. The van der Waals surface area contributed by atoms with Gasteiger partial charge in [-0.25, -0.2) is 4.98 Å². The molecule has 1 fully saturated rings. The Morgan fingerprint density at radius 2 is 2.00 bits per heavy atom. The topological polar surface area (TPSA) is 46.9 Å². The van der Waals surface area contributed by atoms with E-state index in [0.717, 1.165) is 5.52 Å². The molecule has 3 rings (SSSR count). The lowest BCUT2D eigenvalue weighted by Gasteiger charge is -2.34. The summed E-state index contributed by atoms with van der Waals surface area (Å²) in [5, 5.41) is 4.43. The van der Waals surface area contributed by atoms with Crippen molar-refractivity contribution in [2.75, 3.05) is 0 Å². The van der Waals surface area contributed by atoms with Crippen molar-refractivity contribution in [1.29, 1.82) is 0 Å². The minimum absolute atomic E-state index is 0.0415. The quantitative estimate of drug-likeness (QED) is 0.944. The molecular weight excluding hydrogens is 274 g/mol. The van der Waals surface area contributed by atoms with Crippen LogP contribution in [0.4, 0.5) is 0 Å². The molecule has 1 atom stereocenters. The van der Waals surface area contributed by atoms with Gasteiger partial charge in [-0.1, -0.05) is 32.9 Å². The molecule has 1 aromatic carbocycles. The first-order valence-electron chi connectivity index (χ1n) is 8.04. The third kappa shape index (κ3) is 2.68. The van der Waals surface area contributed by atoms with Crippen molar-refractivity contribution in [2.24, 2.45) is 5.41 Å². The van der Waals surface area contributed by atoms with Gasteiger partial charge in [-0.2, -0.15) is 0 Å². The number of hydrogen-bond acceptors (Lipinski definition) is 3. The molecule has 1 aliphatic rings. The predicted molar refractivity (Wildman–Crippen MR) is 90.0 cm³/mol. The summed E-state index contributed by atoms with van der Waals surface area (Å²) >= 11 is 0. The van der Waals surface area contributed by atoms with Crippen LogP contribution in [0.3, 0.4) is 0 Å². The number of benzene rings is 1. The Bertz CT molecular complexity index is 738. The normalized spacial score (nSPS) is 18.4. The van der Waals surface area contributed by atoms with Gasteiger partial charge in [0.1, 0.15) is 0 Å². The second-order valence-corrected chi connectivity index (χ2v) is 7.60. The molecule has 0 bridgehead atoms. The van der Waals surface area contributed by atoms with Crippen molar-refractivity contribution in [3.63, 3.8) is 0 Å². The van der Waals surface area contributed by atoms with Gasteiger partial charge in [0.15, 0.2) is 0 Å². The number of nitrogens with zero attached hydrogens (tertiary/aromatic N) is 2. The van der Waals surface area contributed by atoms with Gasteiger partial charge in [0.05, 0.1) is 17.2 Å². The van der Waals surface area contributed by atoms with Gasteiger partial charge in [-0.3, -0.25) is 9.36 Å². The lowest BCUT2D eigenvalue weighted by Crippen LogP contribution is -2.49. The fourth-order valence-corrected chi connectivity index (χ4v) is 3.28. The molecule has 2 aromatic rings. The molecule has 118 valence electrons. The van der Waals surface area contributed by atoms with Crippen LogP contribution in [0.1, 0.15) is 40.5 Å². The zero-order valence-electron chi connectivity index (χ0n) is 13.9. The highest BCUT2D eigenvalue weighted by Gasteiger charge is 2.52. The van der Waals surface area contributed by atoms with E-state index in [1.165, 1.54) is 12.8 Å². The number of aromatic nitrogens is 2. The number of hydrogen-bond donors (Lipinski definition) is 1. The van der Waals surface area contributed by atoms with Crippen LogP contribution in [0.2, 0.25) is 0 Å². The first-order chi connectivity index (χ1) is 10.3. The number of fused-ring (bicyclic) bond motifs is 1. The highest BCUT2D eigenvalue weighted by atomic mass is 16.1. The summed E-state index contributed by atoms with van der Waals surface area (Å²) in [4.78, 5) is 16.9. The van der Waals surface area contributed by atoms with Crippen molar-refractivity contribution in [3.05, 3.63) is 40.9 Å². The number of nitrogens with one attached hydrogen (secondary N) is 1. The molecule has 1 heterocycles. The summed E-state index contributed by atoms with van der Waals surface area (Å²) in [5.41, 5.74) is 1.27. The van der Waals surface area contributed by atoms with Crippen molar-refractivity contribution >= 4 is 10.9 Å². The smallest absolute Gasteiger partial charge is 0.261 e. The zero-order chi connectivity index (χ0) is 16.0. The van der Waals surface area contributed by atoms with Gasteiger partial charge >= 0.3 is 0 Å². The standard InChI is InChI=1S/C18H25N3O/c1-13(20-18(9-10-18)17(2,3)4)11-21-12-19-15-8-6-5-7-14(15)16(21)22/h5-8,12-13,20H,9-11H2,1-4H3/t13-/m0/s1. The Labute approximate surface area is 131 Å². The molecule has 4 heteroatoms. The van der Waals surface area contributed by atoms with Crippen LogP contribution in [0, 0.1) is 5.41 Å². The fraction of sp³-hybridized carbons (Fsp3) is 0.556. The van der Waals surface area contributed by atoms with Gasteiger partial charge in [-0.05, 0) is 37.3 Å². The van der Waals surface area contributed by atoms with Crippen LogP contribution >= 0.6 is 0 Å². The maximum atomic E-state index is 12.5. The number of rotatable bonds is 4. The monoisotopic (exact) mass is 299 g/mol. The van der Waals surface area contributed by atoms with E-state index in [4.69, 9.17) is 0 Å². The maximum Gasteiger partial charge on any atom is 0.261 e. The van der Waals surface area contributed by atoms with E-state index in [2.05, 4.69) is 38.0 Å². The molecule has 0 aliphatic heterocycles. The molecule has 0 radical (unpaired) electrons. The minimum atomic E-state index is 0.0415. The summed E-state index contributed by atoms with van der Waals surface area (Å²) in [6.45, 7) is 9.64. The SMILES string of the molecule is C[C@@H](Cn1cnc2ccccc2c1=O)NC1(C(C)(C)C)CC1. The summed E-state index contributed by atoms with van der Waals surface area (Å²) in [5.74, 6) is 0. The summed E-state index contributed by atoms with van der Waals surface area (Å²) in [7, 11) is 0. The van der Waals surface area contributed by atoms with Crippen LogP contribution in [-0.4, -0.2) is 21.1 Å². The molecule has 1 aromatic heterocycles. The summed E-state index contributed by atoms with van der Waals surface area (Å²) in [6, 6.07) is 7.75. The van der Waals surface area contributed by atoms with Crippen LogP contribution in [0.15, 0.2) is 35.4 Å². The van der Waals surface area contributed by atoms with Crippen LogP contribution in [0.5, 0.6) is 0 Å². The van der Waals surface area contributed by atoms with Gasteiger partial charge in [-0.15, -0.1) is 0 Å². The van der Waals surface area contributed by atoms with Crippen molar-refractivity contribution in [3.8, 4) is 0 Å². The molecule has 0 saturated heterocycles. The highest BCUT2D eigenvalue weighted by Crippen LogP contribution is 2.49. The molecule has 0 unspecified atom stereocenters. The van der Waals surface area contributed by atoms with Gasteiger partial charge in [0.25, 0.3) is 5.56 Å². The van der Waals surface area contributed by atoms with E-state index >= 15 is 0 Å². The van der Waals surface area contributed by atoms with Crippen LogP contribution < -0.4 is 10.9 Å². The average Bonchev–Trinajstić information content (AvgIpc) is 3.23. The highest BCUT2D eigenvalue weighted by molar-refractivity contribution is 5.76. The average molecular weight is 299 g/mol. The predicted octanol–water partition coefficient (Wildman–Crippen LogP) is 2.95. The molecule has 0 amide bonds. The van der Waals surface area contributed by atoms with Gasteiger partial charge < -0.3 is 5.32 Å². The van der Waals surface area contributed by atoms with Crippen molar-refractivity contribution < 1.29 is 0 Å². The van der Waals surface area contributed by atoms with E-state index in [1.807, 2.05) is 24.3 Å². The minimum Gasteiger partial charge on any atom is -0.306 e. The van der Waals surface area contributed by atoms with E-state index < -0.39 is 0 Å². The van der Waals surface area contributed by atoms with E-state index in [0.29, 0.717) is 11.9 Å². The summed E-state index contributed by atoms with van der Waals surface area (Å²) < 4.78 is 1.72. The van der Waals surface area contributed by atoms with Gasteiger partial charge in [0, 0.05) is 18.1 Å². The Balaban J connectivity index is 1.79. The largest absolute Gasteiger partial charge is 0.306 e. The Morgan fingerprint density at radius 1 is 1.32 bits per heavy atom. The van der Waals surface area contributed by atoms with E-state index in [9.17, 15) is 4.79 Å².